The van der Waals surface area contributed by atoms with E-state index in [1.54, 1.807) is 36.0 Å². The number of sulfonamides is 1. The van der Waals surface area contributed by atoms with Gasteiger partial charge < -0.3 is 5.32 Å². The summed E-state index contributed by atoms with van der Waals surface area (Å²) < 4.78 is 26.3. The standard InChI is InChI=1S/C20H26N2O3S2/c1-5-16-6-8-17(9-7-16)15(2)21-20(23)14-22(3)27(24,25)19-12-10-18(26-4)11-13-19/h6-13,15H,5,14H2,1-4H3,(H,21,23)/t15-/m0/s1. The van der Waals surface area contributed by atoms with Crippen LogP contribution >= 0.6 is 11.8 Å². The number of hydrogen-bond donors (Lipinski definition) is 1. The molecular formula is C20H26N2O3S2. The van der Waals surface area contributed by atoms with Crippen LogP contribution in [0.2, 0.25) is 0 Å². The SMILES string of the molecule is CCc1ccc([C@H](C)NC(=O)CN(C)S(=O)(=O)c2ccc(SC)cc2)cc1. The van der Waals surface area contributed by atoms with Gasteiger partial charge in [0.05, 0.1) is 17.5 Å². The molecule has 2 aromatic carbocycles. The zero-order valence-electron chi connectivity index (χ0n) is 16.1. The lowest BCUT2D eigenvalue weighted by atomic mass is 10.1. The van der Waals surface area contributed by atoms with Gasteiger partial charge in [0.2, 0.25) is 15.9 Å². The van der Waals surface area contributed by atoms with Crippen LogP contribution in [0, 0.1) is 0 Å². The molecule has 2 rings (SSSR count). The van der Waals surface area contributed by atoms with Crippen LogP contribution in [0.3, 0.4) is 0 Å². The zero-order valence-corrected chi connectivity index (χ0v) is 17.7. The summed E-state index contributed by atoms with van der Waals surface area (Å²) in [5.41, 5.74) is 2.22. The van der Waals surface area contributed by atoms with Gasteiger partial charge in [-0.1, -0.05) is 31.2 Å². The number of likely N-dealkylation sites (N-methyl/N-ethyl adjacent to an activating group) is 1. The number of nitrogens with zero attached hydrogens (tertiary/aromatic N) is 1. The van der Waals surface area contributed by atoms with Crippen LogP contribution in [0.1, 0.15) is 31.0 Å². The summed E-state index contributed by atoms with van der Waals surface area (Å²) in [6.07, 6.45) is 2.89. The van der Waals surface area contributed by atoms with E-state index >= 15 is 0 Å². The lowest BCUT2D eigenvalue weighted by Gasteiger charge is -2.19. The van der Waals surface area contributed by atoms with Crippen molar-refractivity contribution in [2.45, 2.75) is 36.1 Å². The Bertz CT molecular complexity index is 863. The van der Waals surface area contributed by atoms with Gasteiger partial charge in [0.25, 0.3) is 0 Å². The molecule has 7 heteroatoms. The minimum atomic E-state index is -3.71. The minimum absolute atomic E-state index is 0.179. The number of aryl methyl sites for hydroxylation is 1. The van der Waals surface area contributed by atoms with Crippen LogP contribution in [0.4, 0.5) is 0 Å². The molecule has 0 unspecified atom stereocenters. The molecule has 0 bridgehead atoms. The van der Waals surface area contributed by atoms with Gasteiger partial charge >= 0.3 is 0 Å². The van der Waals surface area contributed by atoms with E-state index in [9.17, 15) is 13.2 Å². The molecule has 0 radical (unpaired) electrons. The highest BCUT2D eigenvalue weighted by Gasteiger charge is 2.23. The first-order chi connectivity index (χ1) is 12.8. The van der Waals surface area contributed by atoms with Crippen molar-refractivity contribution in [2.75, 3.05) is 19.8 Å². The molecule has 0 saturated carbocycles. The predicted molar refractivity (Wildman–Crippen MR) is 110 cm³/mol. The highest BCUT2D eigenvalue weighted by Crippen LogP contribution is 2.20. The second kappa shape index (κ2) is 9.39. The average Bonchev–Trinajstić information content (AvgIpc) is 2.67. The molecule has 5 nitrogen and oxygen atoms in total. The second-order valence-corrected chi connectivity index (χ2v) is 9.25. The Morgan fingerprint density at radius 1 is 1.11 bits per heavy atom. The molecule has 0 fully saturated rings. The van der Waals surface area contributed by atoms with Gasteiger partial charge in [0, 0.05) is 11.9 Å². The monoisotopic (exact) mass is 406 g/mol. The van der Waals surface area contributed by atoms with Crippen molar-refractivity contribution in [1.29, 1.82) is 0 Å². The third-order valence-electron chi connectivity index (χ3n) is 4.40. The topological polar surface area (TPSA) is 66.5 Å². The predicted octanol–water partition coefficient (Wildman–Crippen LogP) is 3.47. The van der Waals surface area contributed by atoms with Crippen LogP contribution in [-0.2, 0) is 21.2 Å². The molecule has 0 aromatic heterocycles. The summed E-state index contributed by atoms with van der Waals surface area (Å²) in [6.45, 7) is 3.74. The number of hydrogen-bond acceptors (Lipinski definition) is 4. The molecule has 2 aromatic rings. The van der Waals surface area contributed by atoms with Crippen molar-refractivity contribution in [1.82, 2.24) is 9.62 Å². The average molecular weight is 407 g/mol. The fourth-order valence-corrected chi connectivity index (χ4v) is 4.16. The smallest absolute Gasteiger partial charge is 0.243 e. The van der Waals surface area contributed by atoms with Gasteiger partial charge in [0.1, 0.15) is 0 Å². The van der Waals surface area contributed by atoms with E-state index in [2.05, 4.69) is 12.2 Å². The first kappa shape index (κ1) is 21.5. The van der Waals surface area contributed by atoms with E-state index < -0.39 is 10.0 Å². The van der Waals surface area contributed by atoms with Crippen molar-refractivity contribution >= 4 is 27.7 Å². The summed E-state index contributed by atoms with van der Waals surface area (Å²) in [4.78, 5) is 13.5. The van der Waals surface area contributed by atoms with E-state index in [4.69, 9.17) is 0 Å². The van der Waals surface area contributed by atoms with Crippen molar-refractivity contribution in [2.24, 2.45) is 0 Å². The summed E-state index contributed by atoms with van der Waals surface area (Å²) >= 11 is 1.54. The maximum Gasteiger partial charge on any atom is 0.243 e. The van der Waals surface area contributed by atoms with Crippen molar-refractivity contribution in [3.05, 3.63) is 59.7 Å². The molecule has 1 atom stereocenters. The number of carbonyl (C=O) groups is 1. The molecule has 146 valence electrons. The van der Waals surface area contributed by atoms with Crippen LogP contribution in [0.15, 0.2) is 58.3 Å². The van der Waals surface area contributed by atoms with E-state index in [1.165, 1.54) is 12.6 Å². The van der Waals surface area contributed by atoms with Crippen molar-refractivity contribution in [3.8, 4) is 0 Å². The van der Waals surface area contributed by atoms with Crippen molar-refractivity contribution < 1.29 is 13.2 Å². The Hall–Kier alpha value is -1.83. The molecule has 0 aliphatic carbocycles. The summed E-state index contributed by atoms with van der Waals surface area (Å²) in [6, 6.07) is 14.5. The number of amides is 1. The largest absolute Gasteiger partial charge is 0.348 e. The number of thioether (sulfide) groups is 1. The molecule has 0 aliphatic heterocycles. The van der Waals surface area contributed by atoms with Gasteiger partial charge in [-0.05, 0) is 55.0 Å². The molecule has 0 heterocycles. The third kappa shape index (κ3) is 5.57. The highest BCUT2D eigenvalue weighted by atomic mass is 32.2. The molecule has 0 spiro atoms. The Kier molecular flexibility index (Phi) is 7.47. The number of nitrogens with one attached hydrogen (secondary N) is 1. The Morgan fingerprint density at radius 2 is 1.70 bits per heavy atom. The molecule has 0 saturated heterocycles. The lowest BCUT2D eigenvalue weighted by Crippen LogP contribution is -2.39. The van der Waals surface area contributed by atoms with Gasteiger partial charge in [0.15, 0.2) is 0 Å². The summed E-state index contributed by atoms with van der Waals surface area (Å²) in [7, 11) is -2.29. The molecule has 1 N–H and O–H groups in total. The Balaban J connectivity index is 2.00. The third-order valence-corrected chi connectivity index (χ3v) is 6.96. The van der Waals surface area contributed by atoms with Gasteiger partial charge in [-0.25, -0.2) is 8.42 Å². The van der Waals surface area contributed by atoms with E-state index in [1.807, 2.05) is 37.4 Å². The van der Waals surface area contributed by atoms with Crippen LogP contribution in [-0.4, -0.2) is 38.5 Å². The zero-order chi connectivity index (χ0) is 20.0. The lowest BCUT2D eigenvalue weighted by molar-refractivity contribution is -0.121. The molecular weight excluding hydrogens is 380 g/mol. The Morgan fingerprint density at radius 3 is 2.22 bits per heavy atom. The number of carbonyl (C=O) groups excluding carboxylic acids is 1. The maximum absolute atomic E-state index is 12.6. The van der Waals surface area contributed by atoms with Gasteiger partial charge in [-0.2, -0.15) is 4.31 Å². The summed E-state index contributed by atoms with van der Waals surface area (Å²) in [5, 5.41) is 2.86. The number of rotatable bonds is 8. The van der Waals surface area contributed by atoms with Crippen LogP contribution < -0.4 is 5.32 Å². The normalized spacial score (nSPS) is 12.8. The summed E-state index contributed by atoms with van der Waals surface area (Å²) in [5.74, 6) is -0.339. The number of benzene rings is 2. The van der Waals surface area contributed by atoms with E-state index in [-0.39, 0.29) is 23.4 Å². The van der Waals surface area contributed by atoms with E-state index in [0.717, 1.165) is 21.2 Å². The Labute approximate surface area is 166 Å². The van der Waals surface area contributed by atoms with Crippen LogP contribution in [0.5, 0.6) is 0 Å². The van der Waals surface area contributed by atoms with Crippen LogP contribution in [0.25, 0.3) is 0 Å². The van der Waals surface area contributed by atoms with Crippen molar-refractivity contribution in [3.63, 3.8) is 0 Å². The minimum Gasteiger partial charge on any atom is -0.348 e. The molecule has 27 heavy (non-hydrogen) atoms. The quantitative estimate of drug-likeness (QED) is 0.682. The first-order valence-corrected chi connectivity index (χ1v) is 11.4. The maximum atomic E-state index is 12.6. The van der Waals surface area contributed by atoms with E-state index in [0.29, 0.717) is 0 Å². The fourth-order valence-electron chi connectivity index (χ4n) is 2.63. The first-order valence-electron chi connectivity index (χ1n) is 8.76. The van der Waals surface area contributed by atoms with Gasteiger partial charge in [-0.3, -0.25) is 4.79 Å². The van der Waals surface area contributed by atoms with Gasteiger partial charge in [-0.15, -0.1) is 11.8 Å². The highest BCUT2D eigenvalue weighted by molar-refractivity contribution is 7.98. The fraction of sp³-hybridized carbons (Fsp3) is 0.350. The molecule has 0 aliphatic rings. The molecule has 1 amide bonds. The second-order valence-electron chi connectivity index (χ2n) is 6.32.